The molecule has 2 heterocycles. The molecule has 35 heavy (non-hydrogen) atoms. The smallest absolute Gasteiger partial charge is 0.368 e. The number of benzene rings is 2. The molecular weight excluding hydrogens is 452 g/mol. The summed E-state index contributed by atoms with van der Waals surface area (Å²) in [7, 11) is 6.37. The molecule has 0 atom stereocenters. The van der Waals surface area contributed by atoms with E-state index in [9.17, 15) is 0 Å². The van der Waals surface area contributed by atoms with Gasteiger partial charge < -0.3 is 19.1 Å². The van der Waals surface area contributed by atoms with E-state index in [1.165, 1.54) is 26.9 Å². The van der Waals surface area contributed by atoms with Crippen molar-refractivity contribution in [3.8, 4) is 0 Å². The van der Waals surface area contributed by atoms with Gasteiger partial charge in [-0.25, -0.2) is 4.58 Å². The number of nitrogens with zero attached hydrogens (tertiary/aromatic N) is 4. The van der Waals surface area contributed by atoms with Gasteiger partial charge in [0.2, 0.25) is 0 Å². The highest BCUT2D eigenvalue weighted by Gasteiger charge is 2.24. The molecule has 186 valence electrons. The molecule has 0 saturated carbocycles. The maximum absolute atomic E-state index is 6.52. The van der Waals surface area contributed by atoms with Gasteiger partial charge in [-0.15, -0.1) is 0 Å². The van der Waals surface area contributed by atoms with Gasteiger partial charge in [0.25, 0.3) is 0 Å². The van der Waals surface area contributed by atoms with Crippen molar-refractivity contribution in [3.63, 3.8) is 0 Å². The van der Waals surface area contributed by atoms with Crippen LogP contribution in [0.4, 0.5) is 11.4 Å². The summed E-state index contributed by atoms with van der Waals surface area (Å²) in [5, 5.41) is 2.40. The molecule has 0 unspecified atom stereocenters. The van der Waals surface area contributed by atoms with Crippen LogP contribution >= 0.6 is 11.8 Å². The van der Waals surface area contributed by atoms with Crippen LogP contribution in [0.5, 0.6) is 0 Å². The van der Waals surface area contributed by atoms with Crippen LogP contribution in [-0.2, 0) is 0 Å². The zero-order valence-corrected chi connectivity index (χ0v) is 22.9. The van der Waals surface area contributed by atoms with E-state index >= 15 is 0 Å². The van der Waals surface area contributed by atoms with Gasteiger partial charge in [-0.1, -0.05) is 23.9 Å². The molecule has 1 aromatic heterocycles. The Balaban J connectivity index is 1.84. The highest BCUT2D eigenvalue weighted by molar-refractivity contribution is 8.03. The molecule has 0 N–H and O–H groups in total. The highest BCUT2D eigenvalue weighted by Crippen LogP contribution is 2.46. The van der Waals surface area contributed by atoms with Crippen LogP contribution in [0.25, 0.3) is 17.0 Å². The minimum Gasteiger partial charge on any atom is -0.405 e. The van der Waals surface area contributed by atoms with Crippen molar-refractivity contribution in [1.82, 2.24) is 9.48 Å². The molecule has 1 aliphatic rings. The lowest BCUT2D eigenvalue weighted by Crippen LogP contribution is -2.29. The third-order valence-corrected chi connectivity index (χ3v) is 7.72. The zero-order valence-electron chi connectivity index (χ0n) is 22.0. The maximum Gasteiger partial charge on any atom is 0.368 e. The van der Waals surface area contributed by atoms with E-state index in [4.69, 9.17) is 4.42 Å². The molecule has 4 rings (SSSR count). The summed E-state index contributed by atoms with van der Waals surface area (Å²) in [4.78, 5) is 8.31. The third kappa shape index (κ3) is 5.60. The van der Waals surface area contributed by atoms with E-state index in [1.807, 2.05) is 11.8 Å². The molecule has 0 bridgehead atoms. The number of para-hydroxylation sites is 1. The fourth-order valence-electron chi connectivity index (χ4n) is 4.63. The normalized spacial score (nSPS) is 15.3. The van der Waals surface area contributed by atoms with E-state index in [-0.39, 0.29) is 0 Å². The quantitative estimate of drug-likeness (QED) is 0.365. The Labute approximate surface area is 214 Å². The van der Waals surface area contributed by atoms with E-state index < -0.39 is 0 Å². The van der Waals surface area contributed by atoms with Gasteiger partial charge in [0.05, 0.1) is 16.8 Å². The first-order valence-electron chi connectivity index (χ1n) is 12.7. The molecule has 0 radical (unpaired) electrons. The number of thioether (sulfide) groups is 1. The van der Waals surface area contributed by atoms with Crippen LogP contribution < -0.4 is 19.9 Å². The Bertz CT molecular complexity index is 1270. The average molecular weight is 492 g/mol. The lowest BCUT2D eigenvalue weighted by atomic mass is 10.1. The van der Waals surface area contributed by atoms with Gasteiger partial charge in [-0.05, 0) is 70.8 Å². The second kappa shape index (κ2) is 11.4. The predicted octanol–water partition coefficient (Wildman–Crippen LogP) is 5.56. The SMILES string of the molecule is CCN(CC)c1ccc2c(C=C3Sc4ccccc4N3CC)cc(=[N+](C)CCCN(C)C)oc2c1. The summed E-state index contributed by atoms with van der Waals surface area (Å²) in [5.74, 6) is 0. The maximum atomic E-state index is 6.52. The molecule has 0 amide bonds. The molecule has 0 fully saturated rings. The molecule has 0 aliphatic carbocycles. The van der Waals surface area contributed by atoms with Gasteiger partial charge in [-0.3, -0.25) is 0 Å². The summed E-state index contributed by atoms with van der Waals surface area (Å²) in [6, 6.07) is 17.5. The topological polar surface area (TPSA) is 25.9 Å². The Morgan fingerprint density at radius 1 is 1.03 bits per heavy atom. The standard InChI is InChI=1S/C29H39N4OS/c1-7-32(8-2)23-15-16-24-22(20-29-33(9-3)25-13-10-11-14-27(25)35-29)19-28(34-26(24)21-23)31(6)18-12-17-30(4)5/h10-11,13-16,19-21H,7-9,12,17-18H2,1-6H3/q+1. The number of hydrogen-bond donors (Lipinski definition) is 0. The molecule has 5 nitrogen and oxygen atoms in total. The van der Waals surface area contributed by atoms with Gasteiger partial charge in [0.15, 0.2) is 0 Å². The third-order valence-electron chi connectivity index (χ3n) is 6.61. The van der Waals surface area contributed by atoms with Gasteiger partial charge >= 0.3 is 5.55 Å². The Morgan fingerprint density at radius 2 is 1.80 bits per heavy atom. The molecule has 6 heteroatoms. The number of hydrogen-bond acceptors (Lipinski definition) is 5. The lowest BCUT2D eigenvalue weighted by molar-refractivity contribution is 0.382. The summed E-state index contributed by atoms with van der Waals surface area (Å²) in [6.07, 6.45) is 3.42. The molecule has 0 saturated heterocycles. The molecule has 1 aliphatic heterocycles. The van der Waals surface area contributed by atoms with Crippen molar-refractivity contribution in [3.05, 3.63) is 64.7 Å². The Kier molecular flexibility index (Phi) is 8.24. The van der Waals surface area contributed by atoms with Crippen LogP contribution in [-0.4, -0.2) is 58.8 Å². The fraction of sp³-hybridized carbons (Fsp3) is 0.414. The minimum atomic E-state index is 0.906. The van der Waals surface area contributed by atoms with Crippen molar-refractivity contribution in [2.45, 2.75) is 32.1 Å². The van der Waals surface area contributed by atoms with Crippen LogP contribution in [0, 0.1) is 0 Å². The number of anilines is 2. The Hall–Kier alpha value is -2.70. The van der Waals surface area contributed by atoms with Crippen molar-refractivity contribution in [1.29, 1.82) is 0 Å². The monoisotopic (exact) mass is 491 g/mol. The lowest BCUT2D eigenvalue weighted by Gasteiger charge is -2.21. The van der Waals surface area contributed by atoms with Gasteiger partial charge in [0, 0.05) is 54.6 Å². The van der Waals surface area contributed by atoms with Crippen molar-refractivity contribution < 1.29 is 4.42 Å². The van der Waals surface area contributed by atoms with Crippen LogP contribution in [0.3, 0.4) is 0 Å². The summed E-state index contributed by atoms with van der Waals surface area (Å²) < 4.78 is 8.76. The second-order valence-corrected chi connectivity index (χ2v) is 10.3. The average Bonchev–Trinajstić information content (AvgIpc) is 3.21. The fourth-order valence-corrected chi connectivity index (χ4v) is 5.81. The molecule has 2 aromatic carbocycles. The van der Waals surface area contributed by atoms with Crippen LogP contribution in [0.15, 0.2) is 62.9 Å². The van der Waals surface area contributed by atoms with E-state index in [0.717, 1.165) is 55.7 Å². The first-order chi connectivity index (χ1) is 16.9. The summed E-state index contributed by atoms with van der Waals surface area (Å²) in [6.45, 7) is 11.5. The number of rotatable bonds is 9. The van der Waals surface area contributed by atoms with Crippen LogP contribution in [0.2, 0.25) is 0 Å². The van der Waals surface area contributed by atoms with E-state index in [2.05, 4.69) is 116 Å². The molecule has 3 aromatic rings. The van der Waals surface area contributed by atoms with E-state index in [0.29, 0.717) is 0 Å². The van der Waals surface area contributed by atoms with Crippen molar-refractivity contribution >= 4 is 40.2 Å². The summed E-state index contributed by atoms with van der Waals surface area (Å²) in [5.41, 5.74) is 5.53. The van der Waals surface area contributed by atoms with Crippen molar-refractivity contribution in [2.75, 3.05) is 63.7 Å². The minimum absolute atomic E-state index is 0.906. The first kappa shape index (κ1) is 25.4. The van der Waals surface area contributed by atoms with Gasteiger partial charge in [0.1, 0.15) is 19.2 Å². The number of fused-ring (bicyclic) bond motifs is 2. The molecular formula is C29H39N4OS+. The molecule has 0 spiro atoms. The van der Waals surface area contributed by atoms with Crippen molar-refractivity contribution in [2.24, 2.45) is 0 Å². The first-order valence-corrected chi connectivity index (χ1v) is 13.5. The van der Waals surface area contributed by atoms with Crippen LogP contribution in [0.1, 0.15) is 32.8 Å². The van der Waals surface area contributed by atoms with Gasteiger partial charge in [-0.2, -0.15) is 0 Å². The predicted molar refractivity (Wildman–Crippen MR) is 152 cm³/mol. The summed E-state index contributed by atoms with van der Waals surface area (Å²) >= 11 is 1.85. The second-order valence-electron chi connectivity index (χ2n) is 9.27. The zero-order chi connectivity index (χ0) is 24.9. The Morgan fingerprint density at radius 3 is 2.51 bits per heavy atom. The highest BCUT2D eigenvalue weighted by atomic mass is 32.2. The van der Waals surface area contributed by atoms with E-state index in [1.54, 1.807) is 0 Å². The largest absolute Gasteiger partial charge is 0.405 e.